The van der Waals surface area contributed by atoms with Gasteiger partial charge in [0.05, 0.1) is 12.0 Å². The third-order valence-electron chi connectivity index (χ3n) is 7.41. The number of aromatic nitrogens is 1. The maximum absolute atomic E-state index is 13.5. The minimum Gasteiger partial charge on any atom is -0.382 e. The summed E-state index contributed by atoms with van der Waals surface area (Å²) < 4.78 is 0. The molecule has 0 bridgehead atoms. The van der Waals surface area contributed by atoms with Crippen molar-refractivity contribution in [2.24, 2.45) is 11.3 Å². The minimum absolute atomic E-state index is 0.157. The smallest absolute Gasteiger partial charge is 0.272 e. The monoisotopic (exact) mass is 574 g/mol. The first kappa shape index (κ1) is 32.4. The number of pyridine rings is 1. The van der Waals surface area contributed by atoms with Gasteiger partial charge in [-0.1, -0.05) is 75.4 Å². The van der Waals surface area contributed by atoms with Crippen LogP contribution < -0.4 is 16.1 Å². The van der Waals surface area contributed by atoms with Gasteiger partial charge >= 0.3 is 0 Å². The third-order valence-corrected chi connectivity index (χ3v) is 7.41. The van der Waals surface area contributed by atoms with E-state index in [-0.39, 0.29) is 12.5 Å². The van der Waals surface area contributed by atoms with E-state index in [2.05, 4.69) is 39.9 Å². The van der Waals surface area contributed by atoms with E-state index in [1.807, 2.05) is 65.0 Å². The zero-order valence-electron chi connectivity index (χ0n) is 24.9. The molecule has 0 saturated heterocycles. The fourth-order valence-corrected chi connectivity index (χ4v) is 4.97. The molecule has 0 aliphatic heterocycles. The molecule has 1 heterocycles. The zero-order chi connectivity index (χ0) is 30.9. The Hall–Kier alpha value is -4.08. The Balaban J connectivity index is 1.71. The van der Waals surface area contributed by atoms with Crippen LogP contribution in [0.5, 0.6) is 0 Å². The van der Waals surface area contributed by atoms with E-state index in [9.17, 15) is 19.5 Å². The second kappa shape index (κ2) is 14.7. The Morgan fingerprint density at radius 2 is 1.64 bits per heavy atom. The van der Waals surface area contributed by atoms with E-state index in [0.29, 0.717) is 12.8 Å². The maximum Gasteiger partial charge on any atom is 0.272 e. The molecule has 2 aromatic carbocycles. The van der Waals surface area contributed by atoms with Crippen LogP contribution in [0, 0.1) is 18.3 Å². The van der Waals surface area contributed by atoms with E-state index in [1.54, 1.807) is 18.5 Å². The number of amides is 3. The minimum atomic E-state index is -1.80. The van der Waals surface area contributed by atoms with Gasteiger partial charge in [-0.25, -0.2) is 5.48 Å². The van der Waals surface area contributed by atoms with Gasteiger partial charge < -0.3 is 15.7 Å². The number of nitrogens with one attached hydrogen (secondary N) is 3. The van der Waals surface area contributed by atoms with Gasteiger partial charge in [-0.15, -0.1) is 0 Å². The van der Waals surface area contributed by atoms with Crippen LogP contribution in [0.4, 0.5) is 0 Å². The first-order valence-electron chi connectivity index (χ1n) is 14.2. The number of aliphatic hydroxyl groups excluding tert-OH is 1. The summed E-state index contributed by atoms with van der Waals surface area (Å²) in [5, 5.41) is 25.5. The Kier molecular flexibility index (Phi) is 11.4. The quantitative estimate of drug-likeness (QED) is 0.162. The highest BCUT2D eigenvalue weighted by Crippen LogP contribution is 2.26. The molecule has 0 radical (unpaired) electrons. The summed E-state index contributed by atoms with van der Waals surface area (Å²) >= 11 is 0. The maximum atomic E-state index is 13.5. The molecular formula is C33H42N4O5. The molecule has 3 aromatic rings. The zero-order valence-corrected chi connectivity index (χ0v) is 24.9. The number of rotatable bonds is 12. The van der Waals surface area contributed by atoms with Gasteiger partial charge in [0.15, 0.2) is 0 Å². The number of nitrogens with zero attached hydrogens (tertiary/aromatic N) is 1. The topological polar surface area (TPSA) is 141 Å². The number of benzene rings is 2. The molecule has 3 amide bonds. The van der Waals surface area contributed by atoms with Crippen molar-refractivity contribution in [3.63, 3.8) is 0 Å². The van der Waals surface area contributed by atoms with E-state index in [0.717, 1.165) is 27.8 Å². The standard InChI is InChI=1S/C33H42N4O5/c1-21-19-23(16-17-26(21)24-12-7-6-8-13-24)11-9-15-27(28(38)31(40)37-42)30(39)36-29(33(3,4)5)32(41)35-22(2)25-14-10-18-34-20-25/h6-8,10,12-14,16-20,22,27-29,38,42H,9,11,15H2,1-5H3,(H,35,41)(H,36,39)(H,37,40). The molecule has 42 heavy (non-hydrogen) atoms. The molecule has 4 unspecified atom stereocenters. The van der Waals surface area contributed by atoms with Gasteiger partial charge in [-0.3, -0.25) is 24.6 Å². The Bertz CT molecular complexity index is 1340. The van der Waals surface area contributed by atoms with Crippen LogP contribution in [0.1, 0.15) is 63.3 Å². The molecule has 0 spiro atoms. The summed E-state index contributed by atoms with van der Waals surface area (Å²) in [6.07, 6.45) is 2.76. The van der Waals surface area contributed by atoms with Crippen molar-refractivity contribution in [1.82, 2.24) is 21.1 Å². The van der Waals surface area contributed by atoms with Gasteiger partial charge in [0.25, 0.3) is 5.91 Å². The first-order chi connectivity index (χ1) is 19.9. The number of carbonyl (C=O) groups excluding carboxylic acids is 3. The summed E-state index contributed by atoms with van der Waals surface area (Å²) in [7, 11) is 0. The molecule has 224 valence electrons. The predicted molar refractivity (Wildman–Crippen MR) is 161 cm³/mol. The average molecular weight is 575 g/mol. The van der Waals surface area contributed by atoms with E-state index >= 15 is 0 Å². The van der Waals surface area contributed by atoms with Crippen LogP contribution in [-0.4, -0.2) is 45.2 Å². The summed E-state index contributed by atoms with van der Waals surface area (Å²) in [5.41, 5.74) is 6.00. The van der Waals surface area contributed by atoms with Crippen molar-refractivity contribution in [3.05, 3.63) is 89.7 Å². The fourth-order valence-electron chi connectivity index (χ4n) is 4.97. The first-order valence-corrected chi connectivity index (χ1v) is 14.2. The van der Waals surface area contributed by atoms with Crippen LogP contribution in [0.2, 0.25) is 0 Å². The summed E-state index contributed by atoms with van der Waals surface area (Å²) in [4.78, 5) is 43.1. The molecule has 0 fully saturated rings. The van der Waals surface area contributed by atoms with Crippen molar-refractivity contribution in [3.8, 4) is 11.1 Å². The van der Waals surface area contributed by atoms with Crippen LogP contribution in [0.25, 0.3) is 11.1 Å². The number of carbonyl (C=O) groups is 3. The van der Waals surface area contributed by atoms with Crippen LogP contribution in [-0.2, 0) is 20.8 Å². The second-order valence-corrected chi connectivity index (χ2v) is 11.8. The van der Waals surface area contributed by atoms with Crippen LogP contribution in [0.15, 0.2) is 73.1 Å². The lowest BCUT2D eigenvalue weighted by molar-refractivity contribution is -0.147. The SMILES string of the molecule is Cc1cc(CCCC(C(=O)NC(C(=O)NC(C)c2cccnc2)C(C)(C)C)C(O)C(=O)NO)ccc1-c1ccccc1. The highest BCUT2D eigenvalue weighted by Gasteiger charge is 2.38. The second-order valence-electron chi connectivity index (χ2n) is 11.8. The summed E-state index contributed by atoms with van der Waals surface area (Å²) in [6.45, 7) is 9.33. The number of hydroxylamine groups is 1. The van der Waals surface area contributed by atoms with Gasteiger partial charge in [-0.2, -0.15) is 0 Å². The van der Waals surface area contributed by atoms with Gasteiger partial charge in [0.2, 0.25) is 11.8 Å². The summed E-state index contributed by atoms with van der Waals surface area (Å²) in [6, 6.07) is 18.6. The number of hydrogen-bond donors (Lipinski definition) is 5. The molecule has 3 rings (SSSR count). The number of aliphatic hydroxyl groups is 1. The average Bonchev–Trinajstić information content (AvgIpc) is 2.97. The molecule has 0 aliphatic carbocycles. The van der Waals surface area contributed by atoms with Crippen molar-refractivity contribution >= 4 is 17.7 Å². The van der Waals surface area contributed by atoms with Crippen molar-refractivity contribution in [2.45, 2.75) is 72.1 Å². The Morgan fingerprint density at radius 3 is 2.24 bits per heavy atom. The highest BCUT2D eigenvalue weighted by atomic mass is 16.5. The molecule has 5 N–H and O–H groups in total. The Morgan fingerprint density at radius 1 is 0.929 bits per heavy atom. The lowest BCUT2D eigenvalue weighted by atomic mass is 9.84. The molecule has 0 saturated carbocycles. The fraction of sp³-hybridized carbons (Fsp3) is 0.394. The predicted octanol–water partition coefficient (Wildman–Crippen LogP) is 4.27. The highest BCUT2D eigenvalue weighted by molar-refractivity contribution is 5.92. The molecule has 9 nitrogen and oxygen atoms in total. The van der Waals surface area contributed by atoms with Crippen molar-refractivity contribution in [1.29, 1.82) is 0 Å². The van der Waals surface area contributed by atoms with E-state index in [1.165, 1.54) is 5.48 Å². The van der Waals surface area contributed by atoms with Gasteiger partial charge in [0, 0.05) is 12.4 Å². The van der Waals surface area contributed by atoms with Crippen LogP contribution >= 0.6 is 0 Å². The Labute approximate surface area is 247 Å². The summed E-state index contributed by atoms with van der Waals surface area (Å²) in [5.74, 6) is -3.32. The van der Waals surface area contributed by atoms with Gasteiger partial charge in [0.1, 0.15) is 12.1 Å². The lowest BCUT2D eigenvalue weighted by Gasteiger charge is -2.33. The molecule has 4 atom stereocenters. The van der Waals surface area contributed by atoms with Crippen molar-refractivity contribution in [2.75, 3.05) is 0 Å². The number of hydrogen-bond acceptors (Lipinski definition) is 6. The van der Waals surface area contributed by atoms with Gasteiger partial charge in [-0.05, 0) is 72.4 Å². The molecule has 9 heteroatoms. The molecule has 1 aromatic heterocycles. The largest absolute Gasteiger partial charge is 0.382 e. The lowest BCUT2D eigenvalue weighted by Crippen LogP contribution is -2.56. The van der Waals surface area contributed by atoms with Crippen LogP contribution in [0.3, 0.4) is 0 Å². The molecular weight excluding hydrogens is 532 g/mol. The van der Waals surface area contributed by atoms with Crippen molar-refractivity contribution < 1.29 is 24.7 Å². The molecule has 0 aliphatic rings. The normalized spacial score (nSPS) is 14.3. The number of aryl methyl sites for hydroxylation is 2. The third kappa shape index (κ3) is 8.71. The van der Waals surface area contributed by atoms with E-state index in [4.69, 9.17) is 5.21 Å². The van der Waals surface area contributed by atoms with E-state index < -0.39 is 41.2 Å².